The van der Waals surface area contributed by atoms with Gasteiger partial charge in [-0.15, -0.1) is 0 Å². The van der Waals surface area contributed by atoms with Gasteiger partial charge in [0.1, 0.15) is 0 Å². The van der Waals surface area contributed by atoms with E-state index in [9.17, 15) is 0 Å². The molecule has 78 valence electrons. The number of fused-ring (bicyclic) bond motifs is 1. The number of hydrogen-bond acceptors (Lipinski definition) is 0. The molecular weight excluding hydrogens is 339 g/mol. The normalized spacial score (nSPS) is 13.0. The Labute approximate surface area is 111 Å². The van der Waals surface area contributed by atoms with Gasteiger partial charge in [0.05, 0.1) is 0 Å². The SMILES string of the molecule is Clc1ccc(C(Br)CBr)c2ccccc12. The summed E-state index contributed by atoms with van der Waals surface area (Å²) >= 11 is 13.3. The number of hydrogen-bond donors (Lipinski definition) is 0. The summed E-state index contributed by atoms with van der Waals surface area (Å²) in [6.45, 7) is 0. The number of alkyl halides is 2. The highest BCUT2D eigenvalue weighted by Gasteiger charge is 2.10. The lowest BCUT2D eigenvalue weighted by Crippen LogP contribution is -1.92. The maximum Gasteiger partial charge on any atom is 0.0498 e. The van der Waals surface area contributed by atoms with Crippen molar-refractivity contribution in [2.24, 2.45) is 0 Å². The highest BCUT2D eigenvalue weighted by molar-refractivity contribution is 9.12. The Morgan fingerprint density at radius 1 is 1.07 bits per heavy atom. The van der Waals surface area contributed by atoms with Crippen molar-refractivity contribution in [3.8, 4) is 0 Å². The van der Waals surface area contributed by atoms with E-state index >= 15 is 0 Å². The standard InChI is InChI=1S/C12H9Br2Cl/c13-7-11(14)9-5-6-12(15)10-4-2-1-3-8(9)10/h1-6,11H,7H2. The highest BCUT2D eigenvalue weighted by Crippen LogP contribution is 2.34. The number of rotatable bonds is 2. The van der Waals surface area contributed by atoms with E-state index in [2.05, 4.69) is 50.1 Å². The lowest BCUT2D eigenvalue weighted by molar-refractivity contribution is 1.17. The summed E-state index contributed by atoms with van der Waals surface area (Å²) in [4.78, 5) is 0.319. The molecule has 0 N–H and O–H groups in total. The lowest BCUT2D eigenvalue weighted by atomic mass is 10.0. The van der Waals surface area contributed by atoms with Gasteiger partial charge < -0.3 is 0 Å². The fourth-order valence-corrected chi connectivity index (χ4v) is 2.62. The van der Waals surface area contributed by atoms with Crippen LogP contribution in [0.3, 0.4) is 0 Å². The Hall–Kier alpha value is -0.0500. The zero-order valence-corrected chi connectivity index (χ0v) is 11.8. The smallest absolute Gasteiger partial charge is 0.0498 e. The second-order valence-corrected chi connectivity index (χ2v) is 5.46. The first-order valence-electron chi connectivity index (χ1n) is 4.61. The van der Waals surface area contributed by atoms with Crippen molar-refractivity contribution in [1.29, 1.82) is 0 Å². The first-order chi connectivity index (χ1) is 7.24. The molecule has 0 aliphatic heterocycles. The van der Waals surface area contributed by atoms with Crippen molar-refractivity contribution in [2.45, 2.75) is 4.83 Å². The van der Waals surface area contributed by atoms with Crippen molar-refractivity contribution in [3.63, 3.8) is 0 Å². The summed E-state index contributed by atoms with van der Waals surface area (Å²) in [5.74, 6) is 0. The van der Waals surface area contributed by atoms with Crippen molar-refractivity contribution < 1.29 is 0 Å². The van der Waals surface area contributed by atoms with Crippen LogP contribution in [0.4, 0.5) is 0 Å². The maximum atomic E-state index is 6.15. The van der Waals surface area contributed by atoms with Crippen LogP contribution in [-0.4, -0.2) is 5.33 Å². The maximum absolute atomic E-state index is 6.15. The molecule has 0 fully saturated rings. The Kier molecular flexibility index (Phi) is 3.70. The summed E-state index contributed by atoms with van der Waals surface area (Å²) in [5.41, 5.74) is 1.27. The first-order valence-corrected chi connectivity index (χ1v) is 7.02. The van der Waals surface area contributed by atoms with Crippen LogP contribution in [0.15, 0.2) is 36.4 Å². The van der Waals surface area contributed by atoms with Gasteiger partial charge >= 0.3 is 0 Å². The van der Waals surface area contributed by atoms with E-state index in [0.717, 1.165) is 15.7 Å². The summed E-state index contributed by atoms with van der Waals surface area (Å²) < 4.78 is 0. The fourth-order valence-electron chi connectivity index (χ4n) is 1.64. The molecule has 0 radical (unpaired) electrons. The van der Waals surface area contributed by atoms with E-state index in [0.29, 0.717) is 4.83 Å². The van der Waals surface area contributed by atoms with Gasteiger partial charge in [-0.2, -0.15) is 0 Å². The van der Waals surface area contributed by atoms with Gasteiger partial charge in [0.25, 0.3) is 0 Å². The van der Waals surface area contributed by atoms with Crippen LogP contribution in [0.5, 0.6) is 0 Å². The van der Waals surface area contributed by atoms with Gasteiger partial charge in [0.2, 0.25) is 0 Å². The molecule has 3 heteroatoms. The minimum absolute atomic E-state index is 0.319. The second-order valence-electron chi connectivity index (χ2n) is 3.30. The van der Waals surface area contributed by atoms with Crippen LogP contribution < -0.4 is 0 Å². The van der Waals surface area contributed by atoms with Gasteiger partial charge in [-0.25, -0.2) is 0 Å². The molecule has 0 spiro atoms. The molecule has 1 atom stereocenters. The van der Waals surface area contributed by atoms with Crippen LogP contribution in [0.1, 0.15) is 10.4 Å². The third-order valence-corrected chi connectivity index (χ3v) is 5.04. The zero-order chi connectivity index (χ0) is 10.8. The molecule has 0 saturated carbocycles. The van der Waals surface area contributed by atoms with Crippen molar-refractivity contribution in [3.05, 3.63) is 47.0 Å². The van der Waals surface area contributed by atoms with E-state index in [-0.39, 0.29) is 0 Å². The van der Waals surface area contributed by atoms with E-state index in [1.54, 1.807) is 0 Å². The average molecular weight is 348 g/mol. The third kappa shape index (κ3) is 2.22. The molecule has 0 aromatic heterocycles. The molecule has 0 amide bonds. The highest BCUT2D eigenvalue weighted by atomic mass is 79.9. The zero-order valence-electron chi connectivity index (χ0n) is 7.88. The van der Waals surface area contributed by atoms with E-state index < -0.39 is 0 Å². The molecule has 1 unspecified atom stereocenters. The van der Waals surface area contributed by atoms with Crippen molar-refractivity contribution in [2.75, 3.05) is 5.33 Å². The molecule has 2 aromatic carbocycles. The van der Waals surface area contributed by atoms with E-state index in [4.69, 9.17) is 11.6 Å². The third-order valence-electron chi connectivity index (χ3n) is 2.38. The Balaban J connectivity index is 2.71. The molecule has 2 aromatic rings. The quantitative estimate of drug-likeness (QED) is 0.644. The van der Waals surface area contributed by atoms with Gasteiger partial charge in [-0.1, -0.05) is 73.8 Å². The average Bonchev–Trinajstić information content (AvgIpc) is 2.29. The summed E-state index contributed by atoms with van der Waals surface area (Å²) in [7, 11) is 0. The molecule has 0 saturated heterocycles. The monoisotopic (exact) mass is 346 g/mol. The van der Waals surface area contributed by atoms with Crippen LogP contribution in [0.2, 0.25) is 5.02 Å². The molecule has 15 heavy (non-hydrogen) atoms. The Morgan fingerprint density at radius 3 is 2.40 bits per heavy atom. The second kappa shape index (κ2) is 4.86. The Bertz CT molecular complexity index is 482. The van der Waals surface area contributed by atoms with Crippen molar-refractivity contribution >= 4 is 54.2 Å². The van der Waals surface area contributed by atoms with Crippen LogP contribution in [-0.2, 0) is 0 Å². The van der Waals surface area contributed by atoms with Gasteiger partial charge in [0.15, 0.2) is 0 Å². The molecule has 0 bridgehead atoms. The molecule has 0 heterocycles. The van der Waals surface area contributed by atoms with Gasteiger partial charge in [-0.05, 0) is 17.0 Å². The first kappa shape index (κ1) is 11.4. The Morgan fingerprint density at radius 2 is 1.73 bits per heavy atom. The molecule has 0 aliphatic rings. The largest absolute Gasteiger partial charge is 0.0912 e. The fraction of sp³-hybridized carbons (Fsp3) is 0.167. The topological polar surface area (TPSA) is 0 Å². The van der Waals surface area contributed by atoms with E-state index in [1.165, 1.54) is 10.9 Å². The van der Waals surface area contributed by atoms with Gasteiger partial charge in [0, 0.05) is 20.6 Å². The van der Waals surface area contributed by atoms with Crippen LogP contribution in [0, 0.1) is 0 Å². The predicted octanol–water partition coefficient (Wildman–Crippen LogP) is 5.32. The van der Waals surface area contributed by atoms with Gasteiger partial charge in [-0.3, -0.25) is 0 Å². The number of halogens is 3. The molecule has 2 rings (SSSR count). The summed E-state index contributed by atoms with van der Waals surface area (Å²) in [6.07, 6.45) is 0. The number of benzene rings is 2. The lowest BCUT2D eigenvalue weighted by Gasteiger charge is -2.11. The summed E-state index contributed by atoms with van der Waals surface area (Å²) in [6, 6.07) is 12.2. The summed E-state index contributed by atoms with van der Waals surface area (Å²) in [5, 5.41) is 4.02. The van der Waals surface area contributed by atoms with E-state index in [1.807, 2.05) is 18.2 Å². The molecular formula is C12H9Br2Cl. The molecule has 0 aliphatic carbocycles. The van der Waals surface area contributed by atoms with Crippen LogP contribution in [0.25, 0.3) is 10.8 Å². The predicted molar refractivity (Wildman–Crippen MR) is 74.4 cm³/mol. The molecule has 0 nitrogen and oxygen atoms in total. The minimum Gasteiger partial charge on any atom is -0.0912 e. The van der Waals surface area contributed by atoms with Crippen LogP contribution >= 0.6 is 43.5 Å². The van der Waals surface area contributed by atoms with Crippen molar-refractivity contribution in [1.82, 2.24) is 0 Å². The minimum atomic E-state index is 0.319.